The Labute approximate surface area is 204 Å². The number of aliphatic hydroxyl groups excluding tert-OH is 1. The summed E-state index contributed by atoms with van der Waals surface area (Å²) < 4.78 is 7.28. The molecule has 0 saturated carbocycles. The number of pyridine rings is 2. The lowest BCUT2D eigenvalue weighted by atomic mass is 10.1. The molecule has 1 fully saturated rings. The zero-order valence-corrected chi connectivity index (χ0v) is 20.0. The van der Waals surface area contributed by atoms with Crippen LogP contribution in [0.4, 0.5) is 5.69 Å². The van der Waals surface area contributed by atoms with Crippen LogP contribution < -0.4 is 15.0 Å². The number of aliphatic hydroxyl groups is 1. The van der Waals surface area contributed by atoms with E-state index in [1.54, 1.807) is 19.2 Å². The molecule has 0 radical (unpaired) electrons. The molecule has 7 nitrogen and oxygen atoms in total. The highest BCUT2D eigenvalue weighted by Crippen LogP contribution is 2.34. The van der Waals surface area contributed by atoms with Crippen molar-refractivity contribution in [1.82, 2.24) is 19.7 Å². The Bertz CT molecular complexity index is 1290. The van der Waals surface area contributed by atoms with Crippen LogP contribution in [0.15, 0.2) is 61.2 Å². The Morgan fingerprint density at radius 2 is 2.06 bits per heavy atom. The number of methoxy groups -OCH3 is 1. The molecule has 4 heterocycles. The highest BCUT2D eigenvalue weighted by Gasteiger charge is 2.24. The number of nitrogens with one attached hydrogen (secondary N) is 1. The van der Waals surface area contributed by atoms with E-state index >= 15 is 0 Å². The zero-order valence-electron chi connectivity index (χ0n) is 19.3. The molecule has 1 aliphatic heterocycles. The van der Waals surface area contributed by atoms with Crippen molar-refractivity contribution in [2.75, 3.05) is 25.1 Å². The molecule has 1 saturated heterocycles. The number of rotatable bonds is 7. The molecule has 0 bridgehead atoms. The summed E-state index contributed by atoms with van der Waals surface area (Å²) in [4.78, 5) is 11.3. The van der Waals surface area contributed by atoms with Gasteiger partial charge in [-0.2, -0.15) is 0 Å². The third-order valence-corrected chi connectivity index (χ3v) is 6.81. The van der Waals surface area contributed by atoms with Gasteiger partial charge in [-0.05, 0) is 54.8 Å². The van der Waals surface area contributed by atoms with Crippen LogP contribution >= 0.6 is 11.6 Å². The highest BCUT2D eigenvalue weighted by molar-refractivity contribution is 6.32. The van der Waals surface area contributed by atoms with Gasteiger partial charge in [0, 0.05) is 67.3 Å². The molecular weight excluding hydrogens is 450 g/mol. The van der Waals surface area contributed by atoms with Gasteiger partial charge < -0.3 is 24.5 Å². The SMILES string of the molecule is COc1cc(CO)c(-c2cn3ccc(N4CC[C@H](NC(C)c5ccncc5)C4)cc3n2)cc1Cl. The number of halogens is 1. The number of benzene rings is 1. The summed E-state index contributed by atoms with van der Waals surface area (Å²) in [7, 11) is 1.56. The highest BCUT2D eigenvalue weighted by atomic mass is 35.5. The summed E-state index contributed by atoms with van der Waals surface area (Å²) in [5, 5.41) is 14.1. The second-order valence-electron chi connectivity index (χ2n) is 8.68. The van der Waals surface area contributed by atoms with E-state index in [0.717, 1.165) is 47.7 Å². The van der Waals surface area contributed by atoms with Gasteiger partial charge in [0.25, 0.3) is 0 Å². The van der Waals surface area contributed by atoms with Gasteiger partial charge in [-0.15, -0.1) is 0 Å². The van der Waals surface area contributed by atoms with E-state index in [2.05, 4.69) is 46.4 Å². The second-order valence-corrected chi connectivity index (χ2v) is 9.09. The second kappa shape index (κ2) is 9.62. The van der Waals surface area contributed by atoms with Crippen LogP contribution in [0.1, 0.15) is 30.5 Å². The fraction of sp³-hybridized carbons (Fsp3) is 0.308. The van der Waals surface area contributed by atoms with Crippen LogP contribution in [0.25, 0.3) is 16.9 Å². The summed E-state index contributed by atoms with van der Waals surface area (Å²) in [5.41, 5.74) is 5.54. The van der Waals surface area contributed by atoms with Crippen molar-refractivity contribution >= 4 is 22.9 Å². The summed E-state index contributed by atoms with van der Waals surface area (Å²) >= 11 is 6.35. The smallest absolute Gasteiger partial charge is 0.139 e. The van der Waals surface area contributed by atoms with Crippen LogP contribution in [0.5, 0.6) is 5.75 Å². The number of hydrogen-bond acceptors (Lipinski definition) is 6. The number of hydrogen-bond donors (Lipinski definition) is 2. The predicted octanol–water partition coefficient (Wildman–Crippen LogP) is 4.48. The maximum Gasteiger partial charge on any atom is 0.139 e. The quantitative estimate of drug-likeness (QED) is 0.409. The van der Waals surface area contributed by atoms with Gasteiger partial charge in [-0.1, -0.05) is 11.6 Å². The molecule has 2 atom stereocenters. The fourth-order valence-corrected chi connectivity index (χ4v) is 4.89. The van der Waals surface area contributed by atoms with Crippen molar-refractivity contribution in [3.63, 3.8) is 0 Å². The zero-order chi connectivity index (χ0) is 23.7. The lowest BCUT2D eigenvalue weighted by molar-refractivity contribution is 0.281. The number of fused-ring (bicyclic) bond motifs is 1. The number of imidazole rings is 1. The van der Waals surface area contributed by atoms with E-state index in [9.17, 15) is 5.11 Å². The minimum atomic E-state index is -0.123. The van der Waals surface area contributed by atoms with Crippen molar-refractivity contribution in [2.45, 2.75) is 32.0 Å². The van der Waals surface area contributed by atoms with E-state index in [-0.39, 0.29) is 12.6 Å². The first-order valence-corrected chi connectivity index (χ1v) is 11.8. The van der Waals surface area contributed by atoms with E-state index in [1.165, 1.54) is 5.56 Å². The standard InChI is InChI=1S/C26H28ClN5O2/c1-17(18-3-7-28-8-4-18)29-20-5-9-31(14-20)21-6-10-32-15-24(30-26(32)12-21)22-13-23(27)25(34-2)11-19(22)16-33/h3-4,6-8,10-13,15,17,20,29,33H,5,9,14,16H2,1-2H3/t17?,20-/m0/s1. The Morgan fingerprint density at radius 1 is 1.24 bits per heavy atom. The molecule has 5 rings (SSSR count). The predicted molar refractivity (Wildman–Crippen MR) is 135 cm³/mol. The topological polar surface area (TPSA) is 74.9 Å². The largest absolute Gasteiger partial charge is 0.495 e. The molecule has 1 aromatic carbocycles. The number of anilines is 1. The van der Waals surface area contributed by atoms with Crippen molar-refractivity contribution in [3.8, 4) is 17.0 Å². The summed E-state index contributed by atoms with van der Waals surface area (Å²) in [6, 6.07) is 12.6. The first-order valence-electron chi connectivity index (χ1n) is 11.4. The molecule has 2 N–H and O–H groups in total. The van der Waals surface area contributed by atoms with E-state index in [0.29, 0.717) is 16.8 Å². The molecule has 3 aromatic heterocycles. The maximum atomic E-state index is 9.86. The summed E-state index contributed by atoms with van der Waals surface area (Å²) in [6.07, 6.45) is 8.76. The van der Waals surface area contributed by atoms with Gasteiger partial charge in [-0.25, -0.2) is 4.98 Å². The first-order chi connectivity index (χ1) is 16.6. The molecule has 176 valence electrons. The molecule has 34 heavy (non-hydrogen) atoms. The van der Waals surface area contributed by atoms with Crippen molar-refractivity contribution in [2.24, 2.45) is 0 Å². The van der Waals surface area contributed by atoms with Crippen LogP contribution in [-0.2, 0) is 6.61 Å². The minimum Gasteiger partial charge on any atom is -0.495 e. The lowest BCUT2D eigenvalue weighted by Gasteiger charge is -2.22. The van der Waals surface area contributed by atoms with Gasteiger partial charge in [0.15, 0.2) is 0 Å². The van der Waals surface area contributed by atoms with Crippen LogP contribution in [0.3, 0.4) is 0 Å². The Hall–Kier alpha value is -3.13. The van der Waals surface area contributed by atoms with Gasteiger partial charge >= 0.3 is 0 Å². The number of aromatic nitrogens is 3. The number of nitrogens with zero attached hydrogens (tertiary/aromatic N) is 4. The Morgan fingerprint density at radius 3 is 2.82 bits per heavy atom. The molecule has 1 unspecified atom stereocenters. The van der Waals surface area contributed by atoms with Crippen molar-refractivity contribution < 1.29 is 9.84 Å². The Kier molecular flexibility index (Phi) is 6.41. The van der Waals surface area contributed by atoms with Gasteiger partial charge in [0.1, 0.15) is 11.4 Å². The normalized spacial score (nSPS) is 16.8. The van der Waals surface area contributed by atoms with Gasteiger partial charge in [0.05, 0.1) is 24.4 Å². The maximum absolute atomic E-state index is 9.86. The van der Waals surface area contributed by atoms with E-state index in [1.807, 2.05) is 29.2 Å². The lowest BCUT2D eigenvalue weighted by Crippen LogP contribution is -2.34. The molecule has 0 spiro atoms. The third kappa shape index (κ3) is 4.46. The Balaban J connectivity index is 1.34. The third-order valence-electron chi connectivity index (χ3n) is 6.51. The number of ether oxygens (including phenoxy) is 1. The van der Waals surface area contributed by atoms with E-state index < -0.39 is 0 Å². The fourth-order valence-electron chi connectivity index (χ4n) is 4.65. The van der Waals surface area contributed by atoms with Gasteiger partial charge in [0.2, 0.25) is 0 Å². The van der Waals surface area contributed by atoms with Crippen molar-refractivity contribution in [1.29, 1.82) is 0 Å². The van der Waals surface area contributed by atoms with Gasteiger partial charge in [-0.3, -0.25) is 4.98 Å². The molecule has 0 aliphatic carbocycles. The van der Waals surface area contributed by atoms with Crippen LogP contribution in [0.2, 0.25) is 5.02 Å². The average molecular weight is 478 g/mol. The monoisotopic (exact) mass is 477 g/mol. The first kappa shape index (κ1) is 22.7. The van der Waals surface area contributed by atoms with Crippen LogP contribution in [0, 0.1) is 0 Å². The summed E-state index contributed by atoms with van der Waals surface area (Å²) in [6.45, 7) is 4.01. The molecule has 4 aromatic rings. The molecular formula is C26H28ClN5O2. The van der Waals surface area contributed by atoms with Crippen molar-refractivity contribution in [3.05, 3.63) is 77.3 Å². The summed E-state index contributed by atoms with van der Waals surface area (Å²) in [5.74, 6) is 0.538. The minimum absolute atomic E-state index is 0.123. The molecule has 8 heteroatoms. The molecule has 1 aliphatic rings. The van der Waals surface area contributed by atoms with E-state index in [4.69, 9.17) is 21.3 Å². The molecule has 0 amide bonds. The average Bonchev–Trinajstić information content (AvgIpc) is 3.51. The van der Waals surface area contributed by atoms with Crippen LogP contribution in [-0.4, -0.2) is 45.7 Å².